The molecular formula is C20H23ClN4O4S. The fourth-order valence-electron chi connectivity index (χ4n) is 3.25. The highest BCUT2D eigenvalue weighted by molar-refractivity contribution is 7.10. The number of thiazole rings is 1. The molecule has 1 aliphatic heterocycles. The predicted molar refractivity (Wildman–Crippen MR) is 117 cm³/mol. The second-order valence-corrected chi connectivity index (χ2v) is 8.68. The lowest BCUT2D eigenvalue weighted by atomic mass is 9.97. The normalized spacial score (nSPS) is 15.5. The van der Waals surface area contributed by atoms with Crippen LogP contribution < -0.4 is 0 Å². The molecule has 0 bridgehead atoms. The fourth-order valence-corrected chi connectivity index (χ4v) is 4.44. The number of nitrogens with zero attached hydrogens (tertiary/aromatic N) is 4. The smallest absolute Gasteiger partial charge is 0.288 e. The van der Waals surface area contributed by atoms with E-state index in [2.05, 4.69) is 5.16 Å². The van der Waals surface area contributed by atoms with Crippen molar-refractivity contribution < 1.29 is 14.6 Å². The zero-order valence-electron chi connectivity index (χ0n) is 17.0. The second-order valence-electron chi connectivity index (χ2n) is 7.38. The van der Waals surface area contributed by atoms with Gasteiger partial charge in [0.15, 0.2) is 0 Å². The van der Waals surface area contributed by atoms with Crippen molar-refractivity contribution in [3.05, 3.63) is 43.7 Å². The topological polar surface area (TPSA) is 97.9 Å². The molecule has 160 valence electrons. The molecule has 2 aromatic rings. The van der Waals surface area contributed by atoms with Gasteiger partial charge >= 0.3 is 0 Å². The van der Waals surface area contributed by atoms with E-state index in [-0.39, 0.29) is 22.5 Å². The van der Waals surface area contributed by atoms with E-state index in [4.69, 9.17) is 21.4 Å². The number of carbonyl (C=O) groups excluding carboxylic acids is 1. The molecule has 10 heteroatoms. The van der Waals surface area contributed by atoms with Gasteiger partial charge in [0.1, 0.15) is 5.02 Å². The summed E-state index contributed by atoms with van der Waals surface area (Å²) in [6.07, 6.45) is 1.01. The van der Waals surface area contributed by atoms with Gasteiger partial charge in [-0.2, -0.15) is 0 Å². The molecular weight excluding hydrogens is 428 g/mol. The molecule has 0 N–H and O–H groups in total. The molecule has 1 atom stereocenters. The monoisotopic (exact) mass is 450 g/mol. The van der Waals surface area contributed by atoms with E-state index in [1.807, 2.05) is 19.2 Å². The lowest BCUT2D eigenvalue weighted by Gasteiger charge is -2.32. The highest BCUT2D eigenvalue weighted by Crippen LogP contribution is 2.35. The summed E-state index contributed by atoms with van der Waals surface area (Å²) < 4.78 is 0. The summed E-state index contributed by atoms with van der Waals surface area (Å²) in [5.74, 6) is 0.189. The van der Waals surface area contributed by atoms with Crippen LogP contribution in [0.4, 0.5) is 5.69 Å². The molecule has 1 fully saturated rings. The van der Waals surface area contributed by atoms with Crippen LogP contribution in [0.25, 0.3) is 11.3 Å². The number of rotatable bonds is 6. The molecule has 2 heterocycles. The van der Waals surface area contributed by atoms with Crippen LogP contribution in [0.5, 0.6) is 0 Å². The van der Waals surface area contributed by atoms with E-state index in [1.54, 1.807) is 17.9 Å². The second kappa shape index (κ2) is 9.53. The van der Waals surface area contributed by atoms with Gasteiger partial charge in [0, 0.05) is 36.0 Å². The maximum Gasteiger partial charge on any atom is 0.288 e. The third-order valence-corrected chi connectivity index (χ3v) is 6.18. The number of halogens is 1. The number of carbonyl (C=O) groups is 1. The Hall–Kier alpha value is -2.52. The summed E-state index contributed by atoms with van der Waals surface area (Å²) in [6.45, 7) is 6.60. The standard InChI is InChI=1S/C20H23ClN4O4S/c1-12(2)23-29-13(3)20(26)24-8-6-14(7-9-24)19-22-17(11-30-19)15-4-5-16(21)18(10-15)25(27)28/h4-5,10-11,13-14H,6-9H2,1-3H3. The van der Waals surface area contributed by atoms with E-state index in [0.29, 0.717) is 24.3 Å². The lowest BCUT2D eigenvalue weighted by molar-refractivity contribution is -0.384. The molecule has 1 aliphatic rings. The van der Waals surface area contributed by atoms with Crippen molar-refractivity contribution in [3.63, 3.8) is 0 Å². The predicted octanol–water partition coefficient (Wildman–Crippen LogP) is 4.88. The van der Waals surface area contributed by atoms with Gasteiger partial charge in [0.25, 0.3) is 11.6 Å². The third-order valence-electron chi connectivity index (χ3n) is 4.86. The van der Waals surface area contributed by atoms with Gasteiger partial charge in [-0.05, 0) is 39.7 Å². The molecule has 1 unspecified atom stereocenters. The van der Waals surface area contributed by atoms with Crippen LogP contribution in [-0.4, -0.2) is 45.6 Å². The quantitative estimate of drug-likeness (QED) is 0.355. The molecule has 30 heavy (non-hydrogen) atoms. The minimum absolute atomic E-state index is 0.0632. The Morgan fingerprint density at radius 3 is 2.73 bits per heavy atom. The maximum atomic E-state index is 12.5. The van der Waals surface area contributed by atoms with Gasteiger partial charge in [-0.3, -0.25) is 14.9 Å². The molecule has 1 saturated heterocycles. The van der Waals surface area contributed by atoms with Gasteiger partial charge in [-0.1, -0.05) is 22.8 Å². The number of piperidine rings is 1. The number of hydrogen-bond acceptors (Lipinski definition) is 7. The minimum Gasteiger partial charge on any atom is -0.383 e. The van der Waals surface area contributed by atoms with Gasteiger partial charge in [0.2, 0.25) is 6.10 Å². The largest absolute Gasteiger partial charge is 0.383 e. The van der Waals surface area contributed by atoms with Crippen molar-refractivity contribution in [2.24, 2.45) is 5.16 Å². The molecule has 8 nitrogen and oxygen atoms in total. The zero-order chi connectivity index (χ0) is 21.8. The van der Waals surface area contributed by atoms with Crippen LogP contribution >= 0.6 is 22.9 Å². The van der Waals surface area contributed by atoms with Crippen molar-refractivity contribution in [3.8, 4) is 11.3 Å². The molecule has 0 radical (unpaired) electrons. The Morgan fingerprint density at radius 1 is 1.40 bits per heavy atom. The Morgan fingerprint density at radius 2 is 2.10 bits per heavy atom. The molecule has 1 aromatic heterocycles. The van der Waals surface area contributed by atoms with E-state index >= 15 is 0 Å². The Labute approximate surface area is 183 Å². The molecule has 0 saturated carbocycles. The van der Waals surface area contributed by atoms with E-state index in [0.717, 1.165) is 23.6 Å². The highest BCUT2D eigenvalue weighted by atomic mass is 35.5. The number of likely N-dealkylation sites (tertiary alicyclic amines) is 1. The summed E-state index contributed by atoms with van der Waals surface area (Å²) in [6, 6.07) is 4.70. The van der Waals surface area contributed by atoms with Crippen LogP contribution in [0.1, 0.15) is 44.5 Å². The fraction of sp³-hybridized carbons (Fsp3) is 0.450. The summed E-state index contributed by atoms with van der Waals surface area (Å²) >= 11 is 7.43. The first-order chi connectivity index (χ1) is 14.3. The van der Waals surface area contributed by atoms with Crippen molar-refractivity contribution in [1.29, 1.82) is 0 Å². The minimum atomic E-state index is -0.608. The Kier molecular flexibility index (Phi) is 7.04. The third kappa shape index (κ3) is 5.14. The first-order valence-corrected chi connectivity index (χ1v) is 10.9. The van der Waals surface area contributed by atoms with Gasteiger partial charge in [0.05, 0.1) is 21.3 Å². The van der Waals surface area contributed by atoms with Crippen LogP contribution in [0, 0.1) is 10.1 Å². The number of benzene rings is 1. The van der Waals surface area contributed by atoms with E-state index in [1.165, 1.54) is 23.5 Å². The molecule has 0 aliphatic carbocycles. The van der Waals surface area contributed by atoms with E-state index < -0.39 is 11.0 Å². The molecule has 1 amide bonds. The van der Waals surface area contributed by atoms with Gasteiger partial charge < -0.3 is 9.74 Å². The van der Waals surface area contributed by atoms with Crippen molar-refractivity contribution in [1.82, 2.24) is 9.88 Å². The van der Waals surface area contributed by atoms with Crippen LogP contribution in [-0.2, 0) is 9.63 Å². The SMILES string of the molecule is CC(C)=NOC(C)C(=O)N1CCC(c2nc(-c3ccc(Cl)c([N+](=O)[O-])c3)cs2)CC1. The summed E-state index contributed by atoms with van der Waals surface area (Å²) in [5, 5.41) is 18.0. The zero-order valence-corrected chi connectivity index (χ0v) is 18.6. The maximum absolute atomic E-state index is 12.5. The highest BCUT2D eigenvalue weighted by Gasteiger charge is 2.29. The summed E-state index contributed by atoms with van der Waals surface area (Å²) in [7, 11) is 0. The Balaban J connectivity index is 1.63. The molecule has 3 rings (SSSR count). The van der Waals surface area contributed by atoms with E-state index in [9.17, 15) is 14.9 Å². The number of aromatic nitrogens is 1. The number of oxime groups is 1. The lowest BCUT2D eigenvalue weighted by Crippen LogP contribution is -2.43. The van der Waals surface area contributed by atoms with Crippen molar-refractivity contribution in [2.75, 3.05) is 13.1 Å². The van der Waals surface area contributed by atoms with Crippen LogP contribution in [0.15, 0.2) is 28.7 Å². The summed E-state index contributed by atoms with van der Waals surface area (Å²) in [4.78, 5) is 34.9. The average Bonchev–Trinajstić information content (AvgIpc) is 3.22. The van der Waals surface area contributed by atoms with Gasteiger partial charge in [-0.15, -0.1) is 11.3 Å². The molecule has 0 spiro atoms. The number of amides is 1. The van der Waals surface area contributed by atoms with Crippen molar-refractivity contribution >= 4 is 40.2 Å². The number of hydrogen-bond donors (Lipinski definition) is 0. The summed E-state index contributed by atoms with van der Waals surface area (Å²) in [5.41, 5.74) is 2.00. The average molecular weight is 451 g/mol. The van der Waals surface area contributed by atoms with Crippen LogP contribution in [0.2, 0.25) is 5.02 Å². The molecule has 1 aromatic carbocycles. The van der Waals surface area contributed by atoms with Crippen LogP contribution in [0.3, 0.4) is 0 Å². The van der Waals surface area contributed by atoms with Crippen molar-refractivity contribution in [2.45, 2.75) is 45.6 Å². The Bertz CT molecular complexity index is 965. The number of nitro benzene ring substituents is 1. The number of nitro groups is 1. The first-order valence-electron chi connectivity index (χ1n) is 9.61. The first kappa shape index (κ1) is 22.2. The van der Waals surface area contributed by atoms with Gasteiger partial charge in [-0.25, -0.2) is 4.98 Å².